The number of hydrogen-bond donors (Lipinski definition) is 2. The first kappa shape index (κ1) is 16.9. The van der Waals surface area contributed by atoms with E-state index >= 15 is 0 Å². The van der Waals surface area contributed by atoms with Crippen LogP contribution in [-0.2, 0) is 16.0 Å². The number of aromatic nitrogens is 1. The molecule has 0 saturated carbocycles. The predicted molar refractivity (Wildman–Crippen MR) is 83.3 cm³/mol. The second-order valence-corrected chi connectivity index (χ2v) is 6.77. The highest BCUT2D eigenvalue weighted by molar-refractivity contribution is 7.13. The number of hydrogen-bond acceptors (Lipinski definition) is 5. The minimum Gasteiger partial charge on any atom is -0.481 e. The zero-order valence-electron chi connectivity index (χ0n) is 13.0. The standard InChI is InChI=1S/C15H22N2O4S/c1-3-4-11-16-10(2)13(22-11)14(20)17-15(9-12(18)19)5-7-21-8-6-15/h3-9H2,1-2H3,(H,17,20)(H,18,19). The smallest absolute Gasteiger partial charge is 0.305 e. The van der Waals surface area contributed by atoms with Crippen molar-refractivity contribution in [2.75, 3.05) is 13.2 Å². The zero-order chi connectivity index (χ0) is 16.2. The molecular formula is C15H22N2O4S. The first-order valence-corrected chi connectivity index (χ1v) is 8.36. The highest BCUT2D eigenvalue weighted by atomic mass is 32.1. The van der Waals surface area contributed by atoms with Gasteiger partial charge in [0.05, 0.1) is 22.7 Å². The number of nitrogens with zero attached hydrogens (tertiary/aromatic N) is 1. The van der Waals surface area contributed by atoms with Gasteiger partial charge in [0.1, 0.15) is 4.88 Å². The molecule has 1 aliphatic heterocycles. The molecule has 0 bridgehead atoms. The van der Waals surface area contributed by atoms with E-state index in [2.05, 4.69) is 17.2 Å². The van der Waals surface area contributed by atoms with E-state index in [0.29, 0.717) is 36.6 Å². The van der Waals surface area contributed by atoms with E-state index in [9.17, 15) is 9.59 Å². The molecule has 1 aliphatic rings. The van der Waals surface area contributed by atoms with Crippen molar-refractivity contribution in [1.82, 2.24) is 10.3 Å². The molecule has 0 atom stereocenters. The van der Waals surface area contributed by atoms with E-state index in [4.69, 9.17) is 9.84 Å². The topological polar surface area (TPSA) is 88.5 Å². The highest BCUT2D eigenvalue weighted by Crippen LogP contribution is 2.27. The molecule has 2 rings (SSSR count). The minimum atomic E-state index is -0.908. The number of rotatable bonds is 6. The van der Waals surface area contributed by atoms with E-state index in [1.54, 1.807) is 0 Å². The molecule has 1 fully saturated rings. The normalized spacial score (nSPS) is 17.2. The molecule has 1 aromatic rings. The van der Waals surface area contributed by atoms with Gasteiger partial charge in [0.25, 0.3) is 5.91 Å². The van der Waals surface area contributed by atoms with Crippen LogP contribution in [0.25, 0.3) is 0 Å². The van der Waals surface area contributed by atoms with E-state index in [1.807, 2.05) is 6.92 Å². The van der Waals surface area contributed by atoms with E-state index in [1.165, 1.54) is 11.3 Å². The van der Waals surface area contributed by atoms with Crippen molar-refractivity contribution in [3.8, 4) is 0 Å². The zero-order valence-corrected chi connectivity index (χ0v) is 13.8. The second kappa shape index (κ2) is 7.19. The van der Waals surface area contributed by atoms with Crippen LogP contribution in [-0.4, -0.2) is 40.7 Å². The van der Waals surface area contributed by atoms with E-state index in [-0.39, 0.29) is 12.3 Å². The Morgan fingerprint density at radius 2 is 2.09 bits per heavy atom. The Morgan fingerprint density at radius 1 is 1.41 bits per heavy atom. The van der Waals surface area contributed by atoms with E-state index in [0.717, 1.165) is 17.8 Å². The molecular weight excluding hydrogens is 304 g/mol. The molecule has 1 aromatic heterocycles. The van der Waals surface area contributed by atoms with Gasteiger partial charge >= 0.3 is 5.97 Å². The fourth-order valence-corrected chi connectivity index (χ4v) is 3.74. The van der Waals surface area contributed by atoms with Gasteiger partial charge in [-0.1, -0.05) is 6.92 Å². The van der Waals surface area contributed by atoms with Crippen LogP contribution in [0.15, 0.2) is 0 Å². The second-order valence-electron chi connectivity index (χ2n) is 5.69. The Labute approximate surface area is 133 Å². The number of thiazole rings is 1. The average Bonchev–Trinajstić information content (AvgIpc) is 2.80. The number of nitrogens with one attached hydrogen (secondary N) is 1. The van der Waals surface area contributed by atoms with Crippen LogP contribution in [0.5, 0.6) is 0 Å². The van der Waals surface area contributed by atoms with Crippen LogP contribution in [0.3, 0.4) is 0 Å². The molecule has 1 amide bonds. The third-order valence-electron chi connectivity index (χ3n) is 3.83. The summed E-state index contributed by atoms with van der Waals surface area (Å²) in [6.45, 7) is 4.82. The molecule has 0 aromatic carbocycles. The highest BCUT2D eigenvalue weighted by Gasteiger charge is 2.37. The van der Waals surface area contributed by atoms with Crippen molar-refractivity contribution in [3.63, 3.8) is 0 Å². The van der Waals surface area contributed by atoms with Crippen LogP contribution >= 0.6 is 11.3 Å². The molecule has 1 saturated heterocycles. The van der Waals surface area contributed by atoms with Gasteiger partial charge < -0.3 is 15.2 Å². The summed E-state index contributed by atoms with van der Waals surface area (Å²) >= 11 is 1.40. The summed E-state index contributed by atoms with van der Waals surface area (Å²) in [7, 11) is 0. The van der Waals surface area contributed by atoms with Gasteiger partial charge in [0.15, 0.2) is 0 Å². The quantitative estimate of drug-likeness (QED) is 0.836. The summed E-state index contributed by atoms with van der Waals surface area (Å²) in [5, 5.41) is 13.0. The van der Waals surface area contributed by atoms with Gasteiger partial charge in [-0.2, -0.15) is 0 Å². The molecule has 7 heteroatoms. The SMILES string of the molecule is CCCc1nc(C)c(C(=O)NC2(CC(=O)O)CCOCC2)s1. The van der Waals surface area contributed by atoms with Crippen LogP contribution in [0.4, 0.5) is 0 Å². The number of ether oxygens (including phenoxy) is 1. The molecule has 0 spiro atoms. The molecule has 0 unspecified atom stereocenters. The summed E-state index contributed by atoms with van der Waals surface area (Å²) in [5.41, 5.74) is -0.00817. The first-order chi connectivity index (χ1) is 10.5. The summed E-state index contributed by atoms with van der Waals surface area (Å²) in [5.74, 6) is -1.13. The third-order valence-corrected chi connectivity index (χ3v) is 5.05. The lowest BCUT2D eigenvalue weighted by Gasteiger charge is -2.36. The van der Waals surface area contributed by atoms with Gasteiger partial charge in [-0.15, -0.1) is 11.3 Å². The summed E-state index contributed by atoms with van der Waals surface area (Å²) in [6.07, 6.45) is 2.79. The number of carbonyl (C=O) groups excluding carboxylic acids is 1. The minimum absolute atomic E-state index is 0.0816. The van der Waals surface area contributed by atoms with Crippen molar-refractivity contribution in [3.05, 3.63) is 15.6 Å². The average molecular weight is 326 g/mol. The van der Waals surface area contributed by atoms with Gasteiger partial charge in [-0.3, -0.25) is 9.59 Å². The number of aryl methyl sites for hydroxylation is 2. The van der Waals surface area contributed by atoms with Crippen molar-refractivity contribution in [2.24, 2.45) is 0 Å². The molecule has 2 N–H and O–H groups in total. The Balaban J connectivity index is 2.15. The van der Waals surface area contributed by atoms with Crippen molar-refractivity contribution in [2.45, 2.75) is 51.5 Å². The fraction of sp³-hybridized carbons (Fsp3) is 0.667. The fourth-order valence-electron chi connectivity index (χ4n) is 2.68. The predicted octanol–water partition coefficient (Wildman–Crippen LogP) is 2.16. The number of carboxylic acid groups (broad SMARTS) is 1. The van der Waals surface area contributed by atoms with Crippen LogP contribution in [0.1, 0.15) is 53.0 Å². The number of carboxylic acids is 1. The molecule has 6 nitrogen and oxygen atoms in total. The van der Waals surface area contributed by atoms with Crippen molar-refractivity contribution >= 4 is 23.2 Å². The monoisotopic (exact) mass is 326 g/mol. The number of carbonyl (C=O) groups is 2. The van der Waals surface area contributed by atoms with Crippen molar-refractivity contribution in [1.29, 1.82) is 0 Å². The molecule has 0 radical (unpaired) electrons. The van der Waals surface area contributed by atoms with Gasteiger partial charge in [0, 0.05) is 13.2 Å². The lowest BCUT2D eigenvalue weighted by molar-refractivity contribution is -0.139. The molecule has 122 valence electrons. The largest absolute Gasteiger partial charge is 0.481 e. The number of amides is 1. The summed E-state index contributed by atoms with van der Waals surface area (Å²) in [4.78, 5) is 28.7. The number of aliphatic carboxylic acids is 1. The van der Waals surface area contributed by atoms with Crippen LogP contribution < -0.4 is 5.32 Å². The molecule has 22 heavy (non-hydrogen) atoms. The van der Waals surface area contributed by atoms with E-state index < -0.39 is 11.5 Å². The van der Waals surface area contributed by atoms with Crippen LogP contribution in [0.2, 0.25) is 0 Å². The lowest BCUT2D eigenvalue weighted by Crippen LogP contribution is -2.53. The lowest BCUT2D eigenvalue weighted by atomic mass is 9.86. The van der Waals surface area contributed by atoms with Gasteiger partial charge in [-0.05, 0) is 32.6 Å². The van der Waals surface area contributed by atoms with Crippen LogP contribution in [0, 0.1) is 6.92 Å². The maximum Gasteiger partial charge on any atom is 0.305 e. The third kappa shape index (κ3) is 4.04. The maximum absolute atomic E-state index is 12.6. The molecule has 0 aliphatic carbocycles. The Hall–Kier alpha value is -1.47. The Kier molecular flexibility index (Phi) is 5.52. The van der Waals surface area contributed by atoms with Crippen molar-refractivity contribution < 1.29 is 19.4 Å². The maximum atomic E-state index is 12.6. The summed E-state index contributed by atoms with van der Waals surface area (Å²) in [6, 6.07) is 0. The molecule has 2 heterocycles. The van der Waals surface area contributed by atoms with Gasteiger partial charge in [0.2, 0.25) is 0 Å². The summed E-state index contributed by atoms with van der Waals surface area (Å²) < 4.78 is 5.30. The Bertz CT molecular complexity index is 550. The van der Waals surface area contributed by atoms with Gasteiger partial charge in [-0.25, -0.2) is 4.98 Å². The Morgan fingerprint density at radius 3 is 2.68 bits per heavy atom. The first-order valence-electron chi connectivity index (χ1n) is 7.54.